The highest BCUT2D eigenvalue weighted by Gasteiger charge is 2.28. The minimum absolute atomic E-state index is 0.404. The molecule has 3 nitrogen and oxygen atoms in total. The second kappa shape index (κ2) is 7.11. The molecule has 0 saturated heterocycles. The largest absolute Gasteiger partial charge is 0.303 e. The number of rotatable bonds is 5. The van der Waals surface area contributed by atoms with Gasteiger partial charge in [0.25, 0.3) is 0 Å². The summed E-state index contributed by atoms with van der Waals surface area (Å²) in [5.41, 5.74) is -0.404. The van der Waals surface area contributed by atoms with Gasteiger partial charge in [-0.05, 0) is 47.2 Å². The first kappa shape index (κ1) is 15.5. The van der Waals surface area contributed by atoms with Crippen LogP contribution in [0.25, 0.3) is 0 Å². The molecule has 3 heteroatoms. The Morgan fingerprint density at radius 1 is 1.33 bits per heavy atom. The summed E-state index contributed by atoms with van der Waals surface area (Å²) in [6.45, 7) is 4.24. The van der Waals surface area contributed by atoms with E-state index < -0.39 is 5.54 Å². The molecule has 18 heavy (non-hydrogen) atoms. The van der Waals surface area contributed by atoms with E-state index in [1.54, 1.807) is 0 Å². The molecule has 1 saturated carbocycles. The van der Waals surface area contributed by atoms with E-state index in [4.69, 9.17) is 0 Å². The minimum Gasteiger partial charge on any atom is -0.303 e. The van der Waals surface area contributed by atoms with E-state index in [1.807, 2.05) is 14.0 Å². The maximum absolute atomic E-state index is 9.24. The van der Waals surface area contributed by atoms with Crippen LogP contribution in [0, 0.1) is 11.3 Å². The Bertz CT molecular complexity index is 276. The van der Waals surface area contributed by atoms with Gasteiger partial charge in [0.05, 0.1) is 6.07 Å². The van der Waals surface area contributed by atoms with Crippen LogP contribution in [0.2, 0.25) is 0 Å². The summed E-state index contributed by atoms with van der Waals surface area (Å²) < 4.78 is 0. The van der Waals surface area contributed by atoms with Crippen molar-refractivity contribution in [1.82, 2.24) is 10.2 Å². The summed E-state index contributed by atoms with van der Waals surface area (Å²) in [5, 5.41) is 12.4. The molecule has 0 bridgehead atoms. The van der Waals surface area contributed by atoms with Gasteiger partial charge in [-0.2, -0.15) is 5.26 Å². The summed E-state index contributed by atoms with van der Waals surface area (Å²) in [5.74, 6) is 0. The van der Waals surface area contributed by atoms with Crippen molar-refractivity contribution in [3.63, 3.8) is 0 Å². The molecule has 2 atom stereocenters. The van der Waals surface area contributed by atoms with Gasteiger partial charge in [0.1, 0.15) is 5.54 Å². The lowest BCUT2D eigenvalue weighted by atomic mass is 9.93. The number of nitrogens with zero attached hydrogens (tertiary/aromatic N) is 2. The Morgan fingerprint density at radius 2 is 1.89 bits per heavy atom. The van der Waals surface area contributed by atoms with E-state index in [0.29, 0.717) is 12.1 Å². The lowest BCUT2D eigenvalue weighted by Crippen LogP contribution is -2.47. The van der Waals surface area contributed by atoms with Crippen LogP contribution in [0.4, 0.5) is 0 Å². The molecule has 1 fully saturated rings. The standard InChI is InChI=1S/C15H29N3/c1-13(11-15(2,12-16)17-3)18(4)14-9-7-5-6-8-10-14/h13-14,17H,5-11H2,1-4H3. The molecule has 1 N–H and O–H groups in total. The lowest BCUT2D eigenvalue weighted by Gasteiger charge is -2.36. The van der Waals surface area contributed by atoms with E-state index in [0.717, 1.165) is 6.42 Å². The molecule has 0 aromatic heterocycles. The van der Waals surface area contributed by atoms with E-state index in [2.05, 4.69) is 30.3 Å². The third kappa shape index (κ3) is 4.26. The summed E-state index contributed by atoms with van der Waals surface area (Å²) in [7, 11) is 4.11. The van der Waals surface area contributed by atoms with E-state index in [1.165, 1.54) is 38.5 Å². The molecule has 2 unspecified atom stereocenters. The van der Waals surface area contributed by atoms with Gasteiger partial charge in [-0.25, -0.2) is 0 Å². The maximum Gasteiger partial charge on any atom is 0.105 e. The molecule has 0 radical (unpaired) electrons. The van der Waals surface area contributed by atoms with Crippen molar-refractivity contribution < 1.29 is 0 Å². The predicted octanol–water partition coefficient (Wildman–Crippen LogP) is 2.92. The highest BCUT2D eigenvalue weighted by molar-refractivity contribution is 5.04. The van der Waals surface area contributed by atoms with E-state index in [9.17, 15) is 5.26 Å². The first-order valence-corrected chi connectivity index (χ1v) is 7.34. The van der Waals surface area contributed by atoms with Crippen LogP contribution in [-0.2, 0) is 0 Å². The van der Waals surface area contributed by atoms with Crippen molar-refractivity contribution in [2.45, 2.75) is 76.4 Å². The highest BCUT2D eigenvalue weighted by Crippen LogP contribution is 2.24. The second-order valence-corrected chi connectivity index (χ2v) is 6.06. The van der Waals surface area contributed by atoms with Crippen LogP contribution in [0.3, 0.4) is 0 Å². The van der Waals surface area contributed by atoms with E-state index in [-0.39, 0.29) is 0 Å². The Morgan fingerprint density at radius 3 is 2.33 bits per heavy atom. The van der Waals surface area contributed by atoms with Crippen molar-refractivity contribution in [3.05, 3.63) is 0 Å². The third-order valence-corrected chi connectivity index (χ3v) is 4.60. The lowest BCUT2D eigenvalue weighted by molar-refractivity contribution is 0.145. The Hall–Kier alpha value is -0.590. The van der Waals surface area contributed by atoms with Crippen molar-refractivity contribution in [1.29, 1.82) is 5.26 Å². The van der Waals surface area contributed by atoms with Gasteiger partial charge in [0.2, 0.25) is 0 Å². The van der Waals surface area contributed by atoms with Crippen molar-refractivity contribution >= 4 is 0 Å². The predicted molar refractivity (Wildman–Crippen MR) is 76.4 cm³/mol. The SMILES string of the molecule is CNC(C)(C#N)CC(C)N(C)C1CCCCCC1. The van der Waals surface area contributed by atoms with Gasteiger partial charge in [0.15, 0.2) is 0 Å². The molecule has 1 aliphatic rings. The maximum atomic E-state index is 9.24. The van der Waals surface area contributed by atoms with Crippen LogP contribution < -0.4 is 5.32 Å². The fraction of sp³-hybridized carbons (Fsp3) is 0.933. The molecular formula is C15H29N3. The van der Waals surface area contributed by atoms with Crippen LogP contribution in [0.5, 0.6) is 0 Å². The van der Waals surface area contributed by atoms with Gasteiger partial charge >= 0.3 is 0 Å². The average molecular weight is 251 g/mol. The monoisotopic (exact) mass is 251 g/mol. The topological polar surface area (TPSA) is 39.1 Å². The zero-order valence-corrected chi connectivity index (χ0v) is 12.5. The number of nitriles is 1. The second-order valence-electron chi connectivity index (χ2n) is 6.06. The Balaban J connectivity index is 2.54. The van der Waals surface area contributed by atoms with Crippen molar-refractivity contribution in [2.75, 3.05) is 14.1 Å². The first-order valence-electron chi connectivity index (χ1n) is 7.34. The number of hydrogen-bond acceptors (Lipinski definition) is 3. The van der Waals surface area contributed by atoms with E-state index >= 15 is 0 Å². The fourth-order valence-corrected chi connectivity index (χ4v) is 2.96. The van der Waals surface area contributed by atoms with Crippen molar-refractivity contribution in [3.8, 4) is 6.07 Å². The molecule has 1 rings (SSSR count). The van der Waals surface area contributed by atoms with Gasteiger partial charge < -0.3 is 10.2 Å². The summed E-state index contributed by atoms with van der Waals surface area (Å²) in [6, 6.07) is 3.55. The molecule has 0 aliphatic heterocycles. The molecule has 0 aromatic carbocycles. The quantitative estimate of drug-likeness (QED) is 0.764. The van der Waals surface area contributed by atoms with Crippen molar-refractivity contribution in [2.24, 2.45) is 0 Å². The fourth-order valence-electron chi connectivity index (χ4n) is 2.96. The summed E-state index contributed by atoms with van der Waals surface area (Å²) >= 11 is 0. The summed E-state index contributed by atoms with van der Waals surface area (Å²) in [6.07, 6.45) is 9.04. The molecular weight excluding hydrogens is 222 g/mol. The summed E-state index contributed by atoms with van der Waals surface area (Å²) in [4.78, 5) is 2.50. The zero-order valence-electron chi connectivity index (χ0n) is 12.5. The average Bonchev–Trinajstić information content (AvgIpc) is 2.66. The molecule has 0 spiro atoms. The molecule has 0 heterocycles. The van der Waals surface area contributed by atoms with Gasteiger partial charge in [-0.1, -0.05) is 25.7 Å². The molecule has 1 aliphatic carbocycles. The van der Waals surface area contributed by atoms with Gasteiger partial charge in [0, 0.05) is 12.1 Å². The van der Waals surface area contributed by atoms with Crippen LogP contribution in [0.1, 0.15) is 58.8 Å². The Kier molecular flexibility index (Phi) is 6.11. The van der Waals surface area contributed by atoms with Crippen LogP contribution in [-0.4, -0.2) is 36.6 Å². The Labute approximate surface area is 113 Å². The normalized spacial score (nSPS) is 23.1. The zero-order chi connectivity index (χ0) is 13.6. The molecule has 104 valence electrons. The van der Waals surface area contributed by atoms with Crippen LogP contribution in [0.15, 0.2) is 0 Å². The molecule has 0 amide bonds. The highest BCUT2D eigenvalue weighted by atomic mass is 15.2. The third-order valence-electron chi connectivity index (χ3n) is 4.60. The minimum atomic E-state index is -0.404. The molecule has 0 aromatic rings. The number of nitrogens with one attached hydrogen (secondary N) is 1. The smallest absolute Gasteiger partial charge is 0.105 e. The van der Waals surface area contributed by atoms with Crippen LogP contribution >= 0.6 is 0 Å². The first-order chi connectivity index (χ1) is 8.52. The van der Waals surface area contributed by atoms with Gasteiger partial charge in [-0.3, -0.25) is 0 Å². The van der Waals surface area contributed by atoms with Gasteiger partial charge in [-0.15, -0.1) is 0 Å². The number of hydrogen-bond donors (Lipinski definition) is 1.